The van der Waals surface area contributed by atoms with Gasteiger partial charge in [-0.2, -0.15) is 0 Å². The molecule has 44 heavy (non-hydrogen) atoms. The number of carbonyl (C=O) groups is 4. The molecule has 6 rings (SSSR count). The number of likely N-dealkylation sites (tertiary alicyclic amines) is 2. The third-order valence-electron chi connectivity index (χ3n) is 8.74. The minimum atomic E-state index is -2.19. The number of benzene rings is 2. The topological polar surface area (TPSA) is 163 Å². The summed E-state index contributed by atoms with van der Waals surface area (Å²) in [7, 11) is 0. The number of piperidine rings is 2. The highest BCUT2D eigenvalue weighted by molar-refractivity contribution is 6.25. The highest BCUT2D eigenvalue weighted by Gasteiger charge is 2.41. The summed E-state index contributed by atoms with van der Waals surface area (Å²) in [5, 5.41) is 24.9. The highest BCUT2D eigenvalue weighted by Crippen LogP contribution is 2.32. The zero-order valence-corrected chi connectivity index (χ0v) is 24.8. The molecule has 2 spiro atoms. The largest absolute Gasteiger partial charge is 0.543 e. The molecule has 0 unspecified atom stereocenters. The van der Waals surface area contributed by atoms with Crippen molar-refractivity contribution in [2.45, 2.75) is 62.8 Å². The van der Waals surface area contributed by atoms with Gasteiger partial charge in [-0.05, 0) is 62.7 Å². The van der Waals surface area contributed by atoms with Crippen molar-refractivity contribution >= 4 is 24.1 Å². The summed E-state index contributed by atoms with van der Waals surface area (Å²) in [4.78, 5) is 45.5. The molecule has 0 atom stereocenters. The van der Waals surface area contributed by atoms with Crippen molar-refractivity contribution in [1.82, 2.24) is 20.4 Å². The molecule has 0 aliphatic carbocycles. The Labute approximate surface area is 257 Å². The van der Waals surface area contributed by atoms with Gasteiger partial charge in [-0.25, -0.2) is 9.59 Å². The molecular weight excluding hydrogens is 568 g/mol. The van der Waals surface area contributed by atoms with E-state index in [2.05, 4.69) is 10.6 Å². The second-order valence-electron chi connectivity index (χ2n) is 11.5. The number of hydrogen-bond donors (Lipinski definition) is 2. The number of carboxylic acids is 2. The molecule has 4 saturated heterocycles. The van der Waals surface area contributed by atoms with Crippen molar-refractivity contribution in [2.75, 3.05) is 39.3 Å². The Bertz CT molecular complexity index is 1130. The fraction of sp³-hybridized carbons (Fsp3) is 0.500. The fourth-order valence-corrected chi connectivity index (χ4v) is 5.67. The molecule has 0 saturated carbocycles. The third kappa shape index (κ3) is 9.42. The first-order valence-electron chi connectivity index (χ1n) is 15.0. The normalized spacial score (nSPS) is 19.1. The molecule has 0 aromatic heterocycles. The van der Waals surface area contributed by atoms with Gasteiger partial charge in [0.25, 0.3) is 0 Å². The van der Waals surface area contributed by atoms with Crippen LogP contribution in [0.1, 0.15) is 49.7 Å². The average molecular weight is 609 g/mol. The quantitative estimate of drug-likeness (QED) is 0.475. The van der Waals surface area contributed by atoms with E-state index >= 15 is 0 Å². The van der Waals surface area contributed by atoms with Gasteiger partial charge in [0, 0.05) is 37.3 Å². The predicted molar refractivity (Wildman–Crippen MR) is 156 cm³/mol. The first kappa shape index (κ1) is 32.7. The minimum absolute atomic E-state index is 0.182. The van der Waals surface area contributed by atoms with Crippen molar-refractivity contribution < 1.29 is 38.9 Å². The van der Waals surface area contributed by atoms with Crippen molar-refractivity contribution in [3.05, 3.63) is 71.8 Å². The van der Waals surface area contributed by atoms with Gasteiger partial charge in [0.05, 0.1) is 11.9 Å². The van der Waals surface area contributed by atoms with E-state index in [1.54, 1.807) is 0 Å². The molecular formula is C32H40N4O8-2. The Balaban J connectivity index is 0.000000170. The lowest BCUT2D eigenvalue weighted by atomic mass is 9.79. The predicted octanol–water partition coefficient (Wildman–Crippen LogP) is 0.788. The molecule has 4 aliphatic heterocycles. The standard InChI is InChI=1S/2C15H20N2O2.C2H2O4/c2*18-14(19-12-13-4-2-1-3-5-13)17-10-7-15(8-11-17)6-9-16-15;3-1(4)2(5)6/h2*1-5,16H,6-12H2;(H,3,4)(H,5,6)/p-2. The smallest absolute Gasteiger partial charge is 0.410 e. The summed E-state index contributed by atoms with van der Waals surface area (Å²) in [6.07, 6.45) is 6.33. The zero-order valence-electron chi connectivity index (χ0n) is 24.8. The fourth-order valence-electron chi connectivity index (χ4n) is 5.67. The SMILES string of the molecule is O=C(OCc1ccccc1)N1CCC2(CCN2)CC1.O=C(OCc1ccccc1)N1CCC2(CCN2)CC1.O=C([O-])C(=O)[O-]. The third-order valence-corrected chi connectivity index (χ3v) is 8.74. The van der Waals surface area contributed by atoms with Crippen molar-refractivity contribution in [3.63, 3.8) is 0 Å². The van der Waals surface area contributed by atoms with Gasteiger partial charge < -0.3 is 49.7 Å². The highest BCUT2D eigenvalue weighted by atomic mass is 16.6. The van der Waals surface area contributed by atoms with E-state index in [0.717, 1.165) is 76.1 Å². The summed E-state index contributed by atoms with van der Waals surface area (Å²) < 4.78 is 10.7. The second kappa shape index (κ2) is 15.5. The number of rotatable bonds is 4. The molecule has 2 aromatic rings. The van der Waals surface area contributed by atoms with Crippen LogP contribution in [0, 0.1) is 0 Å². The van der Waals surface area contributed by atoms with Gasteiger partial charge in [0.15, 0.2) is 0 Å². The molecule has 4 fully saturated rings. The molecule has 4 heterocycles. The van der Waals surface area contributed by atoms with Crippen LogP contribution in [-0.2, 0) is 32.3 Å². The minimum Gasteiger partial charge on any atom is -0.543 e. The van der Waals surface area contributed by atoms with Gasteiger partial charge in [-0.1, -0.05) is 60.7 Å². The van der Waals surface area contributed by atoms with Gasteiger partial charge in [-0.15, -0.1) is 0 Å². The van der Waals surface area contributed by atoms with Crippen molar-refractivity contribution in [1.29, 1.82) is 0 Å². The molecule has 12 heteroatoms. The number of carbonyl (C=O) groups excluding carboxylic acids is 4. The van der Waals surface area contributed by atoms with E-state index in [0.29, 0.717) is 24.3 Å². The van der Waals surface area contributed by atoms with Crippen molar-refractivity contribution in [2.24, 2.45) is 0 Å². The van der Waals surface area contributed by atoms with Crippen LogP contribution >= 0.6 is 0 Å². The Morgan fingerprint density at radius 1 is 0.591 bits per heavy atom. The number of nitrogens with one attached hydrogen (secondary N) is 2. The lowest BCUT2D eigenvalue weighted by Crippen LogP contribution is -2.62. The molecule has 2 amide bonds. The molecule has 2 aromatic carbocycles. The van der Waals surface area contributed by atoms with E-state index in [1.165, 1.54) is 12.8 Å². The van der Waals surface area contributed by atoms with Crippen LogP contribution in [0.4, 0.5) is 9.59 Å². The van der Waals surface area contributed by atoms with Gasteiger partial charge in [0.1, 0.15) is 13.2 Å². The van der Waals surface area contributed by atoms with E-state index in [1.807, 2.05) is 70.5 Å². The van der Waals surface area contributed by atoms with Gasteiger partial charge in [0.2, 0.25) is 0 Å². The van der Waals surface area contributed by atoms with E-state index in [9.17, 15) is 9.59 Å². The number of nitrogens with zero attached hydrogens (tertiary/aromatic N) is 2. The summed E-state index contributed by atoms with van der Waals surface area (Å²) in [6.45, 7) is 6.19. The number of hydrogen-bond acceptors (Lipinski definition) is 10. The summed E-state index contributed by atoms with van der Waals surface area (Å²) in [6, 6.07) is 19.6. The number of amides is 2. The number of ether oxygens (including phenoxy) is 2. The lowest BCUT2D eigenvalue weighted by molar-refractivity contribution is -0.345. The molecule has 12 nitrogen and oxygen atoms in total. The molecule has 2 N–H and O–H groups in total. The van der Waals surface area contributed by atoms with E-state index in [4.69, 9.17) is 29.3 Å². The maximum absolute atomic E-state index is 12.0. The van der Waals surface area contributed by atoms with Crippen LogP contribution in [0.15, 0.2) is 60.7 Å². The monoisotopic (exact) mass is 608 g/mol. The average Bonchev–Trinajstić information content (AvgIpc) is 3.02. The van der Waals surface area contributed by atoms with E-state index < -0.39 is 11.9 Å². The van der Waals surface area contributed by atoms with Crippen LogP contribution in [0.3, 0.4) is 0 Å². The first-order chi connectivity index (χ1) is 21.2. The zero-order chi connectivity index (χ0) is 31.4. The van der Waals surface area contributed by atoms with Crippen LogP contribution in [0.25, 0.3) is 0 Å². The summed E-state index contributed by atoms with van der Waals surface area (Å²) in [5.74, 6) is -4.37. The Kier molecular flexibility index (Phi) is 11.6. The molecule has 238 valence electrons. The van der Waals surface area contributed by atoms with Gasteiger partial charge in [-0.3, -0.25) is 0 Å². The molecule has 0 radical (unpaired) electrons. The van der Waals surface area contributed by atoms with Crippen LogP contribution in [-0.4, -0.2) is 84.3 Å². The second-order valence-corrected chi connectivity index (χ2v) is 11.5. The van der Waals surface area contributed by atoms with Gasteiger partial charge >= 0.3 is 12.2 Å². The van der Waals surface area contributed by atoms with Crippen LogP contribution < -0.4 is 20.8 Å². The van der Waals surface area contributed by atoms with Crippen LogP contribution in [0.5, 0.6) is 0 Å². The first-order valence-corrected chi connectivity index (χ1v) is 15.0. The maximum Gasteiger partial charge on any atom is 0.410 e. The Morgan fingerprint density at radius 3 is 1.16 bits per heavy atom. The number of aliphatic carboxylic acids is 2. The Morgan fingerprint density at radius 2 is 0.909 bits per heavy atom. The lowest BCUT2D eigenvalue weighted by Gasteiger charge is -2.48. The maximum atomic E-state index is 12.0. The van der Waals surface area contributed by atoms with Crippen molar-refractivity contribution in [3.8, 4) is 0 Å². The number of carboxylic acid groups (broad SMARTS) is 2. The summed E-state index contributed by atoms with van der Waals surface area (Å²) in [5.41, 5.74) is 2.72. The molecule has 0 bridgehead atoms. The van der Waals surface area contributed by atoms with E-state index in [-0.39, 0.29) is 12.2 Å². The summed E-state index contributed by atoms with van der Waals surface area (Å²) >= 11 is 0. The van der Waals surface area contributed by atoms with Crippen LogP contribution in [0.2, 0.25) is 0 Å². The Hall–Kier alpha value is -4.16. The molecule has 4 aliphatic rings.